The quantitative estimate of drug-likeness (QED) is 0.534. The first-order chi connectivity index (χ1) is 9.34. The molecule has 0 aliphatic carbocycles. The number of hydrogen-bond donors (Lipinski definition) is 1. The molecular weight excluding hydrogens is 412 g/mol. The van der Waals surface area contributed by atoms with Gasteiger partial charge in [-0.3, -0.25) is 0 Å². The molecule has 0 aliphatic rings. The molecule has 0 spiro atoms. The highest BCUT2D eigenvalue weighted by Crippen LogP contribution is 2.34. The van der Waals surface area contributed by atoms with Crippen LogP contribution in [0.15, 0.2) is 26.0 Å². The summed E-state index contributed by atoms with van der Waals surface area (Å²) in [5.41, 5.74) is 6.18. The molecular formula is C12H18Br2N2O3S. The molecule has 1 aromatic rings. The topological polar surface area (TPSA) is 72.6 Å². The minimum absolute atomic E-state index is 0.185. The average molecular weight is 430 g/mol. The van der Waals surface area contributed by atoms with Crippen molar-refractivity contribution in [1.82, 2.24) is 4.31 Å². The predicted octanol–water partition coefficient (Wildman–Crippen LogP) is 2.84. The van der Waals surface area contributed by atoms with Crippen molar-refractivity contribution in [1.29, 1.82) is 0 Å². The molecule has 0 heterocycles. The number of benzene rings is 1. The van der Waals surface area contributed by atoms with E-state index in [0.29, 0.717) is 40.9 Å². The molecule has 0 aromatic heterocycles. The van der Waals surface area contributed by atoms with Crippen LogP contribution in [0, 0.1) is 0 Å². The molecule has 0 aliphatic heterocycles. The fourth-order valence-electron chi connectivity index (χ4n) is 1.71. The van der Waals surface area contributed by atoms with Gasteiger partial charge >= 0.3 is 0 Å². The van der Waals surface area contributed by atoms with E-state index in [-0.39, 0.29) is 4.90 Å². The lowest BCUT2D eigenvalue weighted by Crippen LogP contribution is -2.34. The normalized spacial score (nSPS) is 12.1. The highest BCUT2D eigenvalue weighted by Gasteiger charge is 2.27. The Hall–Kier alpha value is -0.150. The zero-order chi connectivity index (χ0) is 15.3. The van der Waals surface area contributed by atoms with Gasteiger partial charge in [0.05, 0.1) is 6.61 Å². The first kappa shape index (κ1) is 17.9. The van der Waals surface area contributed by atoms with Gasteiger partial charge in [0.15, 0.2) is 0 Å². The van der Waals surface area contributed by atoms with Gasteiger partial charge in [0.1, 0.15) is 4.90 Å². The number of nitrogen functional groups attached to an aromatic ring is 1. The van der Waals surface area contributed by atoms with E-state index in [1.807, 2.05) is 6.92 Å². The second-order valence-corrected chi connectivity index (χ2v) is 7.59. The number of nitrogens with two attached hydrogens (primary N) is 1. The van der Waals surface area contributed by atoms with E-state index < -0.39 is 10.0 Å². The van der Waals surface area contributed by atoms with Crippen molar-refractivity contribution in [2.45, 2.75) is 18.7 Å². The molecule has 1 rings (SSSR count). The number of rotatable bonds is 7. The molecule has 0 radical (unpaired) electrons. The average Bonchev–Trinajstić information content (AvgIpc) is 2.32. The van der Waals surface area contributed by atoms with Crippen molar-refractivity contribution >= 4 is 47.6 Å². The van der Waals surface area contributed by atoms with Gasteiger partial charge in [0.2, 0.25) is 10.0 Å². The second kappa shape index (κ2) is 7.74. The van der Waals surface area contributed by atoms with E-state index in [1.165, 1.54) is 4.31 Å². The summed E-state index contributed by atoms with van der Waals surface area (Å²) < 4.78 is 32.9. The van der Waals surface area contributed by atoms with E-state index >= 15 is 0 Å². The molecule has 0 fully saturated rings. The number of anilines is 1. The molecule has 0 bridgehead atoms. The fraction of sp³-hybridized carbons (Fsp3) is 0.500. The Kier molecular flexibility index (Phi) is 6.93. The molecule has 0 saturated heterocycles. The van der Waals surface area contributed by atoms with E-state index in [9.17, 15) is 8.42 Å². The van der Waals surface area contributed by atoms with Gasteiger partial charge in [-0.15, -0.1) is 0 Å². The summed E-state index contributed by atoms with van der Waals surface area (Å²) in [7, 11) is -3.61. The number of likely N-dealkylation sites (N-methyl/N-ethyl adjacent to an activating group) is 1. The minimum atomic E-state index is -3.61. The van der Waals surface area contributed by atoms with Crippen LogP contribution in [0.3, 0.4) is 0 Å². The lowest BCUT2D eigenvalue weighted by molar-refractivity contribution is 0.135. The van der Waals surface area contributed by atoms with Gasteiger partial charge in [-0.05, 0) is 50.9 Å². The maximum Gasteiger partial charge on any atom is 0.245 e. The Morgan fingerprint density at radius 3 is 2.25 bits per heavy atom. The zero-order valence-corrected chi connectivity index (χ0v) is 15.4. The number of nitrogens with zero attached hydrogens (tertiary/aromatic N) is 1. The summed E-state index contributed by atoms with van der Waals surface area (Å²) in [6, 6.07) is 3.15. The van der Waals surface area contributed by atoms with Gasteiger partial charge in [0, 0.05) is 34.3 Å². The summed E-state index contributed by atoms with van der Waals surface area (Å²) in [5, 5.41) is 0. The van der Waals surface area contributed by atoms with Crippen molar-refractivity contribution in [3.8, 4) is 0 Å². The van der Waals surface area contributed by atoms with Crippen LogP contribution in [0.1, 0.15) is 13.8 Å². The van der Waals surface area contributed by atoms with Gasteiger partial charge in [-0.1, -0.05) is 6.92 Å². The van der Waals surface area contributed by atoms with Crippen molar-refractivity contribution in [3.63, 3.8) is 0 Å². The van der Waals surface area contributed by atoms with Crippen LogP contribution in [-0.4, -0.2) is 39.0 Å². The summed E-state index contributed by atoms with van der Waals surface area (Å²) in [6.07, 6.45) is 0. The molecule has 0 unspecified atom stereocenters. The highest BCUT2D eigenvalue weighted by atomic mass is 79.9. The number of hydrogen-bond acceptors (Lipinski definition) is 4. The third kappa shape index (κ3) is 4.17. The molecule has 5 nitrogen and oxygen atoms in total. The van der Waals surface area contributed by atoms with Gasteiger partial charge in [-0.25, -0.2) is 8.42 Å². The highest BCUT2D eigenvalue weighted by molar-refractivity contribution is 9.11. The molecule has 0 amide bonds. The Morgan fingerprint density at radius 2 is 1.80 bits per heavy atom. The fourth-order valence-corrected chi connectivity index (χ4v) is 5.69. The van der Waals surface area contributed by atoms with E-state index in [0.717, 1.165) is 0 Å². The SMILES string of the molecule is CCOCCN(CC)S(=O)(=O)c1c(Br)cc(N)cc1Br. The first-order valence-corrected chi connectivity index (χ1v) is 9.19. The lowest BCUT2D eigenvalue weighted by Gasteiger charge is -2.22. The maximum atomic E-state index is 12.7. The molecule has 1 aromatic carbocycles. The van der Waals surface area contributed by atoms with Gasteiger partial charge in [0.25, 0.3) is 0 Å². The smallest absolute Gasteiger partial charge is 0.245 e. The third-order valence-corrected chi connectivity index (χ3v) is 6.51. The standard InChI is InChI=1S/C12H18Br2N2O3S/c1-3-16(5-6-19-4-2)20(17,18)12-10(13)7-9(15)8-11(12)14/h7-8H,3-6,15H2,1-2H3. The second-order valence-electron chi connectivity index (χ2n) is 4.01. The Balaban J connectivity index is 3.14. The van der Waals surface area contributed by atoms with Gasteiger partial charge in [-0.2, -0.15) is 4.31 Å². The molecule has 0 atom stereocenters. The van der Waals surface area contributed by atoms with E-state index in [4.69, 9.17) is 10.5 Å². The maximum absolute atomic E-state index is 12.7. The molecule has 2 N–H and O–H groups in total. The minimum Gasteiger partial charge on any atom is -0.399 e. The predicted molar refractivity (Wildman–Crippen MR) is 87.2 cm³/mol. The largest absolute Gasteiger partial charge is 0.399 e. The van der Waals surface area contributed by atoms with Crippen LogP contribution in [0.2, 0.25) is 0 Å². The van der Waals surface area contributed by atoms with E-state index in [1.54, 1.807) is 19.1 Å². The number of sulfonamides is 1. The molecule has 8 heteroatoms. The molecule has 114 valence electrons. The number of halogens is 2. The van der Waals surface area contributed by atoms with E-state index in [2.05, 4.69) is 31.9 Å². The third-order valence-electron chi connectivity index (χ3n) is 2.66. The van der Waals surface area contributed by atoms with Crippen molar-refractivity contribution in [2.24, 2.45) is 0 Å². The monoisotopic (exact) mass is 428 g/mol. The lowest BCUT2D eigenvalue weighted by atomic mass is 10.3. The summed E-state index contributed by atoms with van der Waals surface area (Å²) in [5.74, 6) is 0. The Bertz CT molecular complexity index is 541. The van der Waals surface area contributed by atoms with Crippen LogP contribution in [-0.2, 0) is 14.8 Å². The summed E-state index contributed by atoms with van der Waals surface area (Å²) in [4.78, 5) is 0.185. The van der Waals surface area contributed by atoms with Crippen molar-refractivity contribution < 1.29 is 13.2 Å². The van der Waals surface area contributed by atoms with Crippen LogP contribution in [0.4, 0.5) is 5.69 Å². The Morgan fingerprint density at radius 1 is 1.25 bits per heavy atom. The van der Waals surface area contributed by atoms with Crippen LogP contribution < -0.4 is 5.73 Å². The zero-order valence-electron chi connectivity index (χ0n) is 11.4. The summed E-state index contributed by atoms with van der Waals surface area (Å²) >= 11 is 6.53. The number of ether oxygens (including phenoxy) is 1. The van der Waals surface area contributed by atoms with Crippen LogP contribution in [0.25, 0.3) is 0 Å². The Labute approximate surface area is 136 Å². The van der Waals surface area contributed by atoms with Gasteiger partial charge < -0.3 is 10.5 Å². The molecule has 20 heavy (non-hydrogen) atoms. The molecule has 0 saturated carbocycles. The first-order valence-electron chi connectivity index (χ1n) is 6.17. The van der Waals surface area contributed by atoms with Crippen molar-refractivity contribution in [2.75, 3.05) is 32.0 Å². The van der Waals surface area contributed by atoms with Crippen LogP contribution >= 0.6 is 31.9 Å². The van der Waals surface area contributed by atoms with Crippen molar-refractivity contribution in [3.05, 3.63) is 21.1 Å². The van der Waals surface area contributed by atoms with Crippen LogP contribution in [0.5, 0.6) is 0 Å². The summed E-state index contributed by atoms with van der Waals surface area (Å²) in [6.45, 7) is 5.29.